The summed E-state index contributed by atoms with van der Waals surface area (Å²) in [4.78, 5) is 0. The summed E-state index contributed by atoms with van der Waals surface area (Å²) in [5, 5.41) is 0. The van der Waals surface area contributed by atoms with Gasteiger partial charge in [0.15, 0.2) is 0 Å². The van der Waals surface area contributed by atoms with E-state index in [-0.39, 0.29) is 0 Å². The summed E-state index contributed by atoms with van der Waals surface area (Å²) in [6.45, 7) is 6.41. The van der Waals surface area contributed by atoms with Crippen molar-refractivity contribution in [2.75, 3.05) is 27.9 Å². The molecule has 6 heteroatoms. The zero-order valence-corrected chi connectivity index (χ0v) is 12.1. The van der Waals surface area contributed by atoms with Crippen molar-refractivity contribution >= 4 is 19.3 Å². The lowest BCUT2D eigenvalue weighted by Crippen LogP contribution is -2.40. The molecular weight excluding hydrogens is 204 g/mol. The van der Waals surface area contributed by atoms with Gasteiger partial charge in [0.05, 0.1) is 0 Å². The van der Waals surface area contributed by atoms with Gasteiger partial charge in [0.2, 0.25) is 0 Å². The second-order valence-corrected chi connectivity index (χ2v) is 5.41. The van der Waals surface area contributed by atoms with E-state index in [1.165, 1.54) is 0 Å². The molecule has 0 aliphatic heterocycles. The molecular formula is C7H20O4Si2. The van der Waals surface area contributed by atoms with E-state index in [9.17, 15) is 0 Å². The van der Waals surface area contributed by atoms with Gasteiger partial charge in [-0.2, -0.15) is 0 Å². The van der Waals surface area contributed by atoms with Gasteiger partial charge < -0.3 is 17.7 Å². The Labute approximate surface area is 84.7 Å². The summed E-state index contributed by atoms with van der Waals surface area (Å²) >= 11 is 0. The summed E-state index contributed by atoms with van der Waals surface area (Å²) in [5.74, 6) is 0. The van der Waals surface area contributed by atoms with Crippen molar-refractivity contribution in [3.8, 4) is 0 Å². The van der Waals surface area contributed by atoms with E-state index in [1.54, 1.807) is 27.0 Å². The second kappa shape index (κ2) is 10.1. The van der Waals surface area contributed by atoms with Crippen LogP contribution in [0.3, 0.4) is 0 Å². The smallest absolute Gasteiger partial charge is 0.428 e. The molecule has 13 heavy (non-hydrogen) atoms. The molecule has 0 aromatic carbocycles. The summed E-state index contributed by atoms with van der Waals surface area (Å²) in [6.07, 6.45) is 0. The molecule has 0 fully saturated rings. The SMILES string of the molecule is C=C[Si](OC)(OC)OC.CCO[SiH3]. The van der Waals surface area contributed by atoms with E-state index in [0.717, 1.165) is 17.1 Å². The molecule has 80 valence electrons. The van der Waals surface area contributed by atoms with Crippen molar-refractivity contribution in [2.45, 2.75) is 6.92 Å². The van der Waals surface area contributed by atoms with Crippen LogP contribution in [0.2, 0.25) is 0 Å². The van der Waals surface area contributed by atoms with Crippen molar-refractivity contribution in [1.29, 1.82) is 0 Å². The highest BCUT2D eigenvalue weighted by atomic mass is 28.4. The zero-order valence-electron chi connectivity index (χ0n) is 9.12. The normalized spacial score (nSPS) is 10.5. The summed E-state index contributed by atoms with van der Waals surface area (Å²) < 4.78 is 19.6. The topological polar surface area (TPSA) is 36.9 Å². The van der Waals surface area contributed by atoms with Crippen LogP contribution in [0.25, 0.3) is 0 Å². The molecule has 0 aliphatic carbocycles. The van der Waals surface area contributed by atoms with E-state index < -0.39 is 8.80 Å². The van der Waals surface area contributed by atoms with Crippen LogP contribution in [0.15, 0.2) is 12.3 Å². The van der Waals surface area contributed by atoms with Crippen molar-refractivity contribution < 1.29 is 17.7 Å². The molecule has 0 saturated carbocycles. The van der Waals surface area contributed by atoms with Crippen LogP contribution < -0.4 is 0 Å². The predicted molar refractivity (Wildman–Crippen MR) is 58.5 cm³/mol. The third-order valence-corrected chi connectivity index (χ3v) is 4.18. The maximum absolute atomic E-state index is 4.96. The molecule has 0 aromatic rings. The molecule has 4 nitrogen and oxygen atoms in total. The van der Waals surface area contributed by atoms with Crippen molar-refractivity contribution in [3.63, 3.8) is 0 Å². The fourth-order valence-electron chi connectivity index (χ4n) is 0.500. The first-order valence-corrected chi connectivity index (χ1v) is 6.56. The molecule has 0 spiro atoms. The van der Waals surface area contributed by atoms with E-state index in [0.29, 0.717) is 0 Å². The average Bonchev–Trinajstić information content (AvgIpc) is 2.23. The summed E-state index contributed by atoms with van der Waals surface area (Å²) in [6, 6.07) is 0. The first-order valence-electron chi connectivity index (χ1n) is 3.94. The van der Waals surface area contributed by atoms with Crippen LogP contribution in [0.4, 0.5) is 0 Å². The third kappa shape index (κ3) is 7.11. The summed E-state index contributed by atoms with van der Waals surface area (Å²) in [7, 11) is 3.09. The highest BCUT2D eigenvalue weighted by Crippen LogP contribution is 2.04. The first-order chi connectivity index (χ1) is 6.16. The Morgan fingerprint density at radius 2 is 1.54 bits per heavy atom. The largest absolute Gasteiger partial charge is 0.528 e. The van der Waals surface area contributed by atoms with Gasteiger partial charge in [-0.15, -0.1) is 0 Å². The minimum Gasteiger partial charge on any atom is -0.428 e. The summed E-state index contributed by atoms with van der Waals surface area (Å²) in [5.41, 5.74) is 1.58. The minimum atomic E-state index is -2.43. The molecule has 0 aromatic heterocycles. The Hall–Kier alpha value is 0.0138. The van der Waals surface area contributed by atoms with Gasteiger partial charge in [-0.05, 0) is 12.6 Å². The maximum atomic E-state index is 4.96. The lowest BCUT2D eigenvalue weighted by atomic mass is 10.9. The molecule has 0 unspecified atom stereocenters. The van der Waals surface area contributed by atoms with Crippen LogP contribution in [-0.4, -0.2) is 47.2 Å². The molecule has 0 bridgehead atoms. The molecule has 0 atom stereocenters. The van der Waals surface area contributed by atoms with Gasteiger partial charge in [0, 0.05) is 27.9 Å². The van der Waals surface area contributed by atoms with Crippen LogP contribution >= 0.6 is 0 Å². The van der Waals surface area contributed by atoms with Crippen molar-refractivity contribution in [1.82, 2.24) is 0 Å². The van der Waals surface area contributed by atoms with Crippen LogP contribution in [0.5, 0.6) is 0 Å². The zero-order chi connectivity index (χ0) is 10.7. The Morgan fingerprint density at radius 3 is 1.54 bits per heavy atom. The van der Waals surface area contributed by atoms with E-state index >= 15 is 0 Å². The van der Waals surface area contributed by atoms with Crippen LogP contribution in [-0.2, 0) is 17.7 Å². The quantitative estimate of drug-likeness (QED) is 0.611. The molecule has 0 N–H and O–H groups in total. The van der Waals surface area contributed by atoms with Crippen molar-refractivity contribution in [3.05, 3.63) is 12.3 Å². The standard InChI is InChI=1S/C5H12O3Si.C2H8OSi/c1-5-9(6-2,7-3)8-4;1-2-3-4/h5H,1H2,2-4H3;2H2,1,4H3. The minimum absolute atomic E-state index is 0.881. The van der Waals surface area contributed by atoms with Gasteiger partial charge >= 0.3 is 8.80 Å². The van der Waals surface area contributed by atoms with Gasteiger partial charge in [0.25, 0.3) is 0 Å². The molecule has 0 aliphatic rings. The number of rotatable bonds is 5. The molecule has 0 saturated heterocycles. The Bertz CT molecular complexity index is 107. The lowest BCUT2D eigenvalue weighted by Gasteiger charge is -2.19. The van der Waals surface area contributed by atoms with E-state index in [1.807, 2.05) is 6.92 Å². The Morgan fingerprint density at radius 1 is 1.23 bits per heavy atom. The molecule has 0 rings (SSSR count). The van der Waals surface area contributed by atoms with E-state index in [2.05, 4.69) is 11.0 Å². The van der Waals surface area contributed by atoms with Crippen LogP contribution in [0, 0.1) is 0 Å². The fourth-order valence-corrected chi connectivity index (χ4v) is 1.50. The molecule has 0 radical (unpaired) electrons. The third-order valence-electron chi connectivity index (χ3n) is 1.39. The number of hydrogen-bond donors (Lipinski definition) is 0. The second-order valence-electron chi connectivity index (χ2n) is 2.00. The van der Waals surface area contributed by atoms with Gasteiger partial charge in [-0.1, -0.05) is 6.58 Å². The molecule has 0 heterocycles. The van der Waals surface area contributed by atoms with Gasteiger partial charge in [-0.3, -0.25) is 0 Å². The Kier molecular flexibility index (Phi) is 12.0. The maximum Gasteiger partial charge on any atom is 0.528 e. The lowest BCUT2D eigenvalue weighted by molar-refractivity contribution is 0.138. The highest BCUT2D eigenvalue weighted by molar-refractivity contribution is 6.66. The van der Waals surface area contributed by atoms with Gasteiger partial charge in [0.1, 0.15) is 10.5 Å². The Balaban J connectivity index is 0. The number of hydrogen-bond acceptors (Lipinski definition) is 4. The first kappa shape index (κ1) is 15.5. The average molecular weight is 224 g/mol. The van der Waals surface area contributed by atoms with Crippen molar-refractivity contribution in [2.24, 2.45) is 0 Å². The van der Waals surface area contributed by atoms with Gasteiger partial charge in [-0.25, -0.2) is 0 Å². The monoisotopic (exact) mass is 224 g/mol. The predicted octanol–water partition coefficient (Wildman–Crippen LogP) is -0.107. The molecule has 0 amide bonds. The highest BCUT2D eigenvalue weighted by Gasteiger charge is 2.33. The van der Waals surface area contributed by atoms with Crippen LogP contribution in [0.1, 0.15) is 6.92 Å². The fraction of sp³-hybridized carbons (Fsp3) is 0.714. The van der Waals surface area contributed by atoms with E-state index in [4.69, 9.17) is 13.3 Å².